The Morgan fingerprint density at radius 2 is 2.12 bits per heavy atom. The van der Waals surface area contributed by atoms with Gasteiger partial charge in [-0.2, -0.15) is 0 Å². The van der Waals surface area contributed by atoms with Crippen LogP contribution in [0.4, 0.5) is 4.39 Å². The van der Waals surface area contributed by atoms with Crippen molar-refractivity contribution in [1.82, 2.24) is 5.32 Å². The Morgan fingerprint density at radius 3 is 2.71 bits per heavy atom. The molecule has 0 atom stereocenters. The smallest absolute Gasteiger partial charge is 0.224 e. The van der Waals surface area contributed by atoms with E-state index < -0.39 is 0 Å². The summed E-state index contributed by atoms with van der Waals surface area (Å²) in [6.07, 6.45) is 2.24. The number of rotatable bonds is 5. The summed E-state index contributed by atoms with van der Waals surface area (Å²) >= 11 is 0. The van der Waals surface area contributed by atoms with Gasteiger partial charge in [0.25, 0.3) is 0 Å². The first kappa shape index (κ1) is 12.0. The molecule has 0 aliphatic heterocycles. The fraction of sp³-hybridized carbons (Fsp3) is 0.462. The Labute approximate surface area is 100 Å². The first-order valence-electron chi connectivity index (χ1n) is 5.85. The van der Waals surface area contributed by atoms with Crippen LogP contribution in [0.1, 0.15) is 18.4 Å². The second kappa shape index (κ2) is 4.84. The Balaban J connectivity index is 1.83. The lowest BCUT2D eigenvalue weighted by molar-refractivity contribution is -0.120. The van der Waals surface area contributed by atoms with E-state index >= 15 is 0 Å². The average Bonchev–Trinajstić information content (AvgIpc) is 3.10. The first-order chi connectivity index (χ1) is 8.15. The third-order valence-corrected chi connectivity index (χ3v) is 3.36. The maximum atomic E-state index is 13.3. The van der Waals surface area contributed by atoms with Gasteiger partial charge in [0.1, 0.15) is 5.82 Å². The number of halogens is 1. The number of nitrogens with two attached hydrogens (primary N) is 1. The van der Waals surface area contributed by atoms with Gasteiger partial charge in [0.15, 0.2) is 0 Å². The summed E-state index contributed by atoms with van der Waals surface area (Å²) in [5.41, 5.74) is 6.17. The lowest BCUT2D eigenvalue weighted by Gasteiger charge is -2.13. The Morgan fingerprint density at radius 1 is 1.41 bits per heavy atom. The summed E-state index contributed by atoms with van der Waals surface area (Å²) in [7, 11) is 0. The summed E-state index contributed by atoms with van der Waals surface area (Å²) in [5.74, 6) is -0.475. The molecule has 1 saturated carbocycles. The maximum absolute atomic E-state index is 13.3. The van der Waals surface area contributed by atoms with Gasteiger partial charge in [0.2, 0.25) is 5.91 Å². The number of hydrogen-bond donors (Lipinski definition) is 2. The number of carbonyl (C=O) groups excluding carboxylic acids is 1. The second-order valence-corrected chi connectivity index (χ2v) is 4.75. The fourth-order valence-electron chi connectivity index (χ4n) is 1.79. The molecular weight excluding hydrogens is 219 g/mol. The molecule has 92 valence electrons. The lowest BCUT2D eigenvalue weighted by Crippen LogP contribution is -2.34. The Bertz CT molecular complexity index is 416. The van der Waals surface area contributed by atoms with Crippen molar-refractivity contribution in [1.29, 1.82) is 0 Å². The highest BCUT2D eigenvalue weighted by Crippen LogP contribution is 2.43. The molecule has 3 nitrogen and oxygen atoms in total. The van der Waals surface area contributed by atoms with E-state index in [1.54, 1.807) is 18.2 Å². The van der Waals surface area contributed by atoms with Crippen molar-refractivity contribution in [3.63, 3.8) is 0 Å². The van der Waals surface area contributed by atoms with Gasteiger partial charge in [-0.15, -0.1) is 0 Å². The van der Waals surface area contributed by atoms with Crippen LogP contribution >= 0.6 is 0 Å². The van der Waals surface area contributed by atoms with E-state index in [0.29, 0.717) is 18.7 Å². The van der Waals surface area contributed by atoms with E-state index in [1.807, 2.05) is 0 Å². The zero-order valence-corrected chi connectivity index (χ0v) is 9.71. The highest BCUT2D eigenvalue weighted by Gasteiger charge is 2.41. The molecule has 1 aromatic rings. The largest absolute Gasteiger partial charge is 0.355 e. The van der Waals surface area contributed by atoms with Gasteiger partial charge in [0.05, 0.1) is 6.42 Å². The Kier molecular flexibility index (Phi) is 3.43. The number of hydrogen-bond acceptors (Lipinski definition) is 2. The molecule has 0 spiro atoms. The zero-order valence-electron chi connectivity index (χ0n) is 9.71. The topological polar surface area (TPSA) is 55.1 Å². The third-order valence-electron chi connectivity index (χ3n) is 3.36. The fourth-order valence-corrected chi connectivity index (χ4v) is 1.79. The molecule has 4 heteroatoms. The number of carbonyl (C=O) groups is 1. The molecular formula is C13H17FN2O. The molecule has 0 radical (unpaired) electrons. The molecule has 0 heterocycles. The summed E-state index contributed by atoms with van der Waals surface area (Å²) < 4.78 is 13.3. The van der Waals surface area contributed by atoms with Crippen LogP contribution < -0.4 is 11.1 Å². The molecule has 1 amide bonds. The monoisotopic (exact) mass is 236 g/mol. The van der Waals surface area contributed by atoms with E-state index in [1.165, 1.54) is 6.07 Å². The SMILES string of the molecule is NCC1(CNC(=O)Cc2ccccc2F)CC1. The van der Waals surface area contributed by atoms with Crippen LogP contribution in [0.3, 0.4) is 0 Å². The number of benzene rings is 1. The first-order valence-corrected chi connectivity index (χ1v) is 5.85. The maximum Gasteiger partial charge on any atom is 0.224 e. The molecule has 1 fully saturated rings. The minimum atomic E-state index is -0.331. The van der Waals surface area contributed by atoms with Gasteiger partial charge in [-0.05, 0) is 36.4 Å². The van der Waals surface area contributed by atoms with E-state index in [4.69, 9.17) is 5.73 Å². The van der Waals surface area contributed by atoms with E-state index in [0.717, 1.165) is 12.8 Å². The van der Waals surface area contributed by atoms with E-state index in [9.17, 15) is 9.18 Å². The molecule has 0 saturated heterocycles. The normalized spacial score (nSPS) is 16.6. The lowest BCUT2D eigenvalue weighted by atomic mass is 10.1. The quantitative estimate of drug-likeness (QED) is 0.807. The van der Waals surface area contributed by atoms with Crippen LogP contribution in [-0.4, -0.2) is 19.0 Å². The van der Waals surface area contributed by atoms with Gasteiger partial charge in [-0.1, -0.05) is 18.2 Å². The molecule has 2 rings (SSSR count). The van der Waals surface area contributed by atoms with Crippen molar-refractivity contribution in [2.75, 3.05) is 13.1 Å². The van der Waals surface area contributed by atoms with Crippen molar-refractivity contribution in [2.45, 2.75) is 19.3 Å². The molecule has 1 aliphatic rings. The highest BCUT2D eigenvalue weighted by atomic mass is 19.1. The summed E-state index contributed by atoms with van der Waals surface area (Å²) in [5, 5.41) is 2.83. The third kappa shape index (κ3) is 3.03. The van der Waals surface area contributed by atoms with Crippen molar-refractivity contribution in [3.8, 4) is 0 Å². The average molecular weight is 236 g/mol. The van der Waals surface area contributed by atoms with Crippen molar-refractivity contribution in [2.24, 2.45) is 11.1 Å². The molecule has 1 aromatic carbocycles. The van der Waals surface area contributed by atoms with Crippen LogP contribution in [0, 0.1) is 11.2 Å². The Hall–Kier alpha value is -1.42. The van der Waals surface area contributed by atoms with E-state index in [2.05, 4.69) is 5.32 Å². The number of amides is 1. The van der Waals surface area contributed by atoms with Crippen LogP contribution in [0.5, 0.6) is 0 Å². The van der Waals surface area contributed by atoms with Crippen LogP contribution in [0.25, 0.3) is 0 Å². The molecule has 1 aliphatic carbocycles. The van der Waals surface area contributed by atoms with Crippen molar-refractivity contribution >= 4 is 5.91 Å². The predicted molar refractivity (Wildman–Crippen MR) is 63.8 cm³/mol. The van der Waals surface area contributed by atoms with Crippen LogP contribution in [0.2, 0.25) is 0 Å². The van der Waals surface area contributed by atoms with Crippen LogP contribution in [0.15, 0.2) is 24.3 Å². The minimum absolute atomic E-state index is 0.0906. The van der Waals surface area contributed by atoms with Gasteiger partial charge >= 0.3 is 0 Å². The minimum Gasteiger partial charge on any atom is -0.355 e. The van der Waals surface area contributed by atoms with Crippen molar-refractivity contribution < 1.29 is 9.18 Å². The molecule has 17 heavy (non-hydrogen) atoms. The molecule has 3 N–H and O–H groups in total. The molecule has 0 unspecified atom stereocenters. The zero-order chi connectivity index (χ0) is 12.3. The predicted octanol–water partition coefficient (Wildman–Crippen LogP) is 1.22. The molecule has 0 bridgehead atoms. The summed E-state index contributed by atoms with van der Waals surface area (Å²) in [6, 6.07) is 6.34. The van der Waals surface area contributed by atoms with Gasteiger partial charge in [0, 0.05) is 6.54 Å². The van der Waals surface area contributed by atoms with Crippen LogP contribution in [-0.2, 0) is 11.2 Å². The number of nitrogens with one attached hydrogen (secondary N) is 1. The van der Waals surface area contributed by atoms with E-state index in [-0.39, 0.29) is 23.6 Å². The highest BCUT2D eigenvalue weighted by molar-refractivity contribution is 5.78. The van der Waals surface area contributed by atoms with Crippen molar-refractivity contribution in [3.05, 3.63) is 35.6 Å². The summed E-state index contributed by atoms with van der Waals surface area (Å²) in [4.78, 5) is 11.6. The second-order valence-electron chi connectivity index (χ2n) is 4.75. The molecule has 0 aromatic heterocycles. The van der Waals surface area contributed by atoms with Gasteiger partial charge < -0.3 is 11.1 Å². The standard InChI is InChI=1S/C13H17FN2O/c14-11-4-2-1-3-10(11)7-12(17)16-9-13(8-15)5-6-13/h1-4H,5-9,15H2,(H,16,17). The summed E-state index contributed by atoms with van der Waals surface area (Å²) in [6.45, 7) is 1.21. The van der Waals surface area contributed by atoms with Gasteiger partial charge in [-0.25, -0.2) is 4.39 Å². The van der Waals surface area contributed by atoms with Gasteiger partial charge in [-0.3, -0.25) is 4.79 Å².